The Bertz CT molecular complexity index is 420. The van der Waals surface area contributed by atoms with Crippen LogP contribution in [0.3, 0.4) is 0 Å². The number of nitrogens with zero attached hydrogens (tertiary/aromatic N) is 1. The number of hydrogen-bond acceptors (Lipinski definition) is 4. The first kappa shape index (κ1) is 12.5. The van der Waals surface area contributed by atoms with E-state index in [4.69, 9.17) is 10.8 Å². The van der Waals surface area contributed by atoms with Crippen molar-refractivity contribution in [3.8, 4) is 0 Å². The van der Waals surface area contributed by atoms with Crippen molar-refractivity contribution in [3.63, 3.8) is 0 Å². The summed E-state index contributed by atoms with van der Waals surface area (Å²) in [5, 5.41) is 9.85. The topological polar surface area (TPSA) is 76.2 Å². The summed E-state index contributed by atoms with van der Waals surface area (Å²) >= 11 is 1.25. The Balaban J connectivity index is 2.31. The number of carbonyl (C=O) groups is 1. The fraction of sp³-hybridized carbons (Fsp3) is 0.667. The lowest BCUT2D eigenvalue weighted by Crippen LogP contribution is -2.35. The zero-order chi connectivity index (χ0) is 12.5. The maximum absolute atomic E-state index is 11.0. The summed E-state index contributed by atoms with van der Waals surface area (Å²) in [5.41, 5.74) is 6.60. The van der Waals surface area contributed by atoms with Crippen LogP contribution in [0.4, 0.5) is 0 Å². The molecule has 5 heteroatoms. The van der Waals surface area contributed by atoms with E-state index in [2.05, 4.69) is 4.98 Å². The van der Waals surface area contributed by atoms with Crippen LogP contribution in [0.25, 0.3) is 0 Å². The number of hydrogen-bond donors (Lipinski definition) is 2. The molecule has 0 aromatic carbocycles. The molecule has 0 atom stereocenters. The molecule has 1 saturated carbocycles. The second-order valence-electron chi connectivity index (χ2n) is 4.81. The van der Waals surface area contributed by atoms with Crippen LogP contribution >= 0.6 is 11.3 Å². The van der Waals surface area contributed by atoms with E-state index in [-0.39, 0.29) is 0 Å². The zero-order valence-corrected chi connectivity index (χ0v) is 10.8. The molecule has 1 aromatic rings. The monoisotopic (exact) mass is 254 g/mol. The highest BCUT2D eigenvalue weighted by Crippen LogP contribution is 2.36. The van der Waals surface area contributed by atoms with Gasteiger partial charge in [-0.2, -0.15) is 0 Å². The lowest BCUT2D eigenvalue weighted by Gasteiger charge is -2.25. The molecule has 0 bridgehead atoms. The third-order valence-electron chi connectivity index (χ3n) is 3.41. The Labute approximate surface area is 105 Å². The van der Waals surface area contributed by atoms with Crippen LogP contribution in [-0.2, 0) is 5.54 Å². The van der Waals surface area contributed by atoms with Crippen molar-refractivity contribution in [2.24, 2.45) is 5.73 Å². The average Bonchev–Trinajstić information content (AvgIpc) is 2.52. The Morgan fingerprint density at radius 3 is 2.41 bits per heavy atom. The van der Waals surface area contributed by atoms with Crippen LogP contribution in [0.1, 0.15) is 58.9 Å². The van der Waals surface area contributed by atoms with E-state index in [0.29, 0.717) is 10.6 Å². The molecule has 0 saturated heterocycles. The van der Waals surface area contributed by atoms with Crippen molar-refractivity contribution in [2.75, 3.05) is 0 Å². The van der Waals surface area contributed by atoms with Gasteiger partial charge < -0.3 is 10.8 Å². The quantitative estimate of drug-likeness (QED) is 0.795. The minimum absolute atomic E-state index is 0.328. The number of rotatable bonds is 2. The number of aromatic nitrogens is 1. The second-order valence-corrected chi connectivity index (χ2v) is 5.81. The van der Waals surface area contributed by atoms with Gasteiger partial charge in [0.25, 0.3) is 0 Å². The summed E-state index contributed by atoms with van der Waals surface area (Å²) in [6.07, 6.45) is 6.48. The predicted octanol–water partition coefficient (Wildman–Crippen LogP) is 2.66. The van der Waals surface area contributed by atoms with Crippen LogP contribution in [0.5, 0.6) is 0 Å². The molecule has 94 valence electrons. The molecule has 3 N–H and O–H groups in total. The summed E-state index contributed by atoms with van der Waals surface area (Å²) in [5.74, 6) is -0.900. The van der Waals surface area contributed by atoms with Gasteiger partial charge in [0.1, 0.15) is 9.88 Å². The number of nitrogens with two attached hydrogens (primary N) is 1. The van der Waals surface area contributed by atoms with Gasteiger partial charge in [0, 0.05) is 0 Å². The van der Waals surface area contributed by atoms with Gasteiger partial charge >= 0.3 is 5.97 Å². The van der Waals surface area contributed by atoms with Crippen molar-refractivity contribution >= 4 is 17.3 Å². The minimum Gasteiger partial charge on any atom is -0.477 e. The third kappa shape index (κ3) is 2.50. The van der Waals surface area contributed by atoms with E-state index in [1.54, 1.807) is 6.92 Å². The standard InChI is InChI=1S/C12H18N2O2S/c1-8-9(10(15)16)17-11(14-8)12(13)6-4-2-3-5-7-12/h2-7,13H2,1H3,(H,15,16). The number of thiazole rings is 1. The molecule has 0 amide bonds. The van der Waals surface area contributed by atoms with Crippen molar-refractivity contribution in [3.05, 3.63) is 15.6 Å². The molecule has 1 aliphatic rings. The van der Waals surface area contributed by atoms with E-state index in [9.17, 15) is 4.79 Å². The fourth-order valence-corrected chi connectivity index (χ4v) is 3.45. The summed E-state index contributed by atoms with van der Waals surface area (Å²) in [4.78, 5) is 15.7. The first-order chi connectivity index (χ1) is 8.03. The maximum atomic E-state index is 11.0. The highest BCUT2D eigenvalue weighted by atomic mass is 32.1. The molecule has 1 aromatic heterocycles. The number of carboxylic acids is 1. The highest BCUT2D eigenvalue weighted by molar-refractivity contribution is 7.13. The van der Waals surface area contributed by atoms with Gasteiger partial charge in [-0.1, -0.05) is 25.7 Å². The Kier molecular flexibility index (Phi) is 3.49. The first-order valence-corrected chi connectivity index (χ1v) is 6.85. The number of carboxylic acid groups (broad SMARTS) is 1. The van der Waals surface area contributed by atoms with E-state index in [0.717, 1.165) is 30.7 Å². The van der Waals surface area contributed by atoms with Crippen LogP contribution in [0.2, 0.25) is 0 Å². The maximum Gasteiger partial charge on any atom is 0.347 e. The first-order valence-electron chi connectivity index (χ1n) is 6.03. The zero-order valence-electron chi connectivity index (χ0n) is 10.0. The van der Waals surface area contributed by atoms with Crippen LogP contribution in [0.15, 0.2) is 0 Å². The van der Waals surface area contributed by atoms with Crippen molar-refractivity contribution in [1.29, 1.82) is 0 Å². The predicted molar refractivity (Wildman–Crippen MR) is 67.4 cm³/mol. The molecular formula is C12H18N2O2S. The van der Waals surface area contributed by atoms with Crippen molar-refractivity contribution < 1.29 is 9.90 Å². The molecule has 1 heterocycles. The smallest absolute Gasteiger partial charge is 0.347 e. The van der Waals surface area contributed by atoms with Gasteiger partial charge in [0.2, 0.25) is 0 Å². The molecule has 2 rings (SSSR count). The molecule has 0 aliphatic heterocycles. The lowest BCUT2D eigenvalue weighted by molar-refractivity contribution is 0.0701. The molecule has 0 radical (unpaired) electrons. The van der Waals surface area contributed by atoms with E-state index in [1.807, 2.05) is 0 Å². The average molecular weight is 254 g/mol. The van der Waals surface area contributed by atoms with Gasteiger partial charge in [-0.15, -0.1) is 11.3 Å². The van der Waals surface area contributed by atoms with Gasteiger partial charge in [-0.3, -0.25) is 0 Å². The molecule has 4 nitrogen and oxygen atoms in total. The van der Waals surface area contributed by atoms with E-state index in [1.165, 1.54) is 24.2 Å². The SMILES string of the molecule is Cc1nc(C2(N)CCCCCC2)sc1C(=O)O. The van der Waals surface area contributed by atoms with Gasteiger partial charge in [0.05, 0.1) is 11.2 Å². The van der Waals surface area contributed by atoms with E-state index < -0.39 is 11.5 Å². The molecule has 0 spiro atoms. The second kappa shape index (κ2) is 4.74. The number of aromatic carboxylic acids is 1. The van der Waals surface area contributed by atoms with Crippen LogP contribution < -0.4 is 5.73 Å². The van der Waals surface area contributed by atoms with Crippen LogP contribution in [-0.4, -0.2) is 16.1 Å². The van der Waals surface area contributed by atoms with Gasteiger partial charge in [-0.25, -0.2) is 9.78 Å². The molecular weight excluding hydrogens is 236 g/mol. The third-order valence-corrected chi connectivity index (χ3v) is 4.78. The largest absolute Gasteiger partial charge is 0.477 e. The molecule has 1 aliphatic carbocycles. The Morgan fingerprint density at radius 2 is 1.94 bits per heavy atom. The van der Waals surface area contributed by atoms with Gasteiger partial charge in [-0.05, 0) is 19.8 Å². The van der Waals surface area contributed by atoms with E-state index >= 15 is 0 Å². The summed E-state index contributed by atoms with van der Waals surface area (Å²) in [6.45, 7) is 1.74. The Morgan fingerprint density at radius 1 is 1.35 bits per heavy atom. The fourth-order valence-electron chi connectivity index (χ4n) is 2.38. The normalized spacial score (nSPS) is 19.9. The van der Waals surface area contributed by atoms with Crippen LogP contribution in [0, 0.1) is 6.92 Å². The highest BCUT2D eigenvalue weighted by Gasteiger charge is 2.32. The molecule has 0 unspecified atom stereocenters. The minimum atomic E-state index is -0.900. The molecule has 17 heavy (non-hydrogen) atoms. The number of aryl methyl sites for hydroxylation is 1. The van der Waals surface area contributed by atoms with Gasteiger partial charge in [0.15, 0.2) is 0 Å². The van der Waals surface area contributed by atoms with Crippen molar-refractivity contribution in [2.45, 2.75) is 51.0 Å². The molecule has 1 fully saturated rings. The summed E-state index contributed by atoms with van der Waals surface area (Å²) in [7, 11) is 0. The lowest BCUT2D eigenvalue weighted by atomic mass is 9.92. The summed E-state index contributed by atoms with van der Waals surface area (Å²) < 4.78 is 0. The Hall–Kier alpha value is -0.940. The van der Waals surface area contributed by atoms with Crippen molar-refractivity contribution in [1.82, 2.24) is 4.98 Å². The summed E-state index contributed by atoms with van der Waals surface area (Å²) in [6, 6.07) is 0.